The first-order chi connectivity index (χ1) is 25.7. The second-order valence-electron chi connectivity index (χ2n) is 14.1. The molecular formula is C42H56N4O7. The van der Waals surface area contributed by atoms with E-state index >= 15 is 0 Å². The standard InChI is InChI=1S/C42H56N4O7/c1-5-9-19-35(48)43-29-34(30-17-13-12-14-18-30)52-41(51)36-33-24-25-42(53-33)37(36)39(49)46(27-15-10-11-16-28-47)38(42)40(50)45(26-6-2)32-22-20-31(21-23-32)44(7-3)8-4/h5-6,12-14,17-18,20-23,33-34,36-38,47H,1-2,7-11,15-16,19,24-29H2,3-4H3,(H,43,48)/t33-,34+,36+,37+,38-,42+/m1/s1. The highest BCUT2D eigenvalue weighted by Crippen LogP contribution is 2.59. The van der Waals surface area contributed by atoms with Crippen LogP contribution in [-0.4, -0.2) is 90.8 Å². The van der Waals surface area contributed by atoms with Gasteiger partial charge in [0, 0.05) is 50.6 Å². The number of carbonyl (C=O) groups excluding carboxylic acids is 4. The van der Waals surface area contributed by atoms with Crippen LogP contribution in [0.5, 0.6) is 0 Å². The molecule has 3 aliphatic rings. The number of carbonyl (C=O) groups is 4. The molecule has 3 aliphatic heterocycles. The van der Waals surface area contributed by atoms with Gasteiger partial charge in [-0.2, -0.15) is 0 Å². The lowest BCUT2D eigenvalue weighted by Crippen LogP contribution is -2.56. The van der Waals surface area contributed by atoms with Gasteiger partial charge in [0.1, 0.15) is 17.7 Å². The summed E-state index contributed by atoms with van der Waals surface area (Å²) in [7, 11) is 0. The maximum atomic E-state index is 14.9. The topological polar surface area (TPSA) is 129 Å². The number of amides is 3. The third-order valence-electron chi connectivity index (χ3n) is 11.0. The van der Waals surface area contributed by atoms with E-state index in [2.05, 4.69) is 37.2 Å². The molecule has 0 radical (unpaired) electrons. The van der Waals surface area contributed by atoms with Crippen molar-refractivity contribution >= 4 is 35.1 Å². The fourth-order valence-electron chi connectivity index (χ4n) is 8.36. The molecule has 286 valence electrons. The summed E-state index contributed by atoms with van der Waals surface area (Å²) in [5.74, 6) is -3.11. The Labute approximate surface area is 314 Å². The van der Waals surface area contributed by atoms with Gasteiger partial charge in [-0.15, -0.1) is 13.2 Å². The molecule has 3 saturated heterocycles. The van der Waals surface area contributed by atoms with Gasteiger partial charge in [-0.1, -0.05) is 55.3 Å². The molecule has 2 bridgehead atoms. The highest BCUT2D eigenvalue weighted by Gasteiger charge is 2.75. The molecule has 6 atom stereocenters. The van der Waals surface area contributed by atoms with Crippen LogP contribution < -0.4 is 15.1 Å². The first-order valence-corrected chi connectivity index (χ1v) is 19.2. The molecule has 53 heavy (non-hydrogen) atoms. The lowest BCUT2D eigenvalue weighted by Gasteiger charge is -2.37. The van der Waals surface area contributed by atoms with Crippen molar-refractivity contribution in [2.24, 2.45) is 11.8 Å². The molecule has 5 rings (SSSR count). The van der Waals surface area contributed by atoms with E-state index in [9.17, 15) is 24.3 Å². The molecule has 2 N–H and O–H groups in total. The monoisotopic (exact) mass is 728 g/mol. The van der Waals surface area contributed by atoms with E-state index in [0.29, 0.717) is 49.9 Å². The van der Waals surface area contributed by atoms with Crippen molar-refractivity contribution in [3.63, 3.8) is 0 Å². The smallest absolute Gasteiger partial charge is 0.313 e. The van der Waals surface area contributed by atoms with Crippen molar-refractivity contribution in [3.8, 4) is 0 Å². The van der Waals surface area contributed by atoms with Gasteiger partial charge < -0.3 is 34.6 Å². The predicted molar refractivity (Wildman–Crippen MR) is 205 cm³/mol. The van der Waals surface area contributed by atoms with Crippen LogP contribution in [-0.2, 0) is 28.7 Å². The summed E-state index contributed by atoms with van der Waals surface area (Å²) in [5, 5.41) is 12.2. The Morgan fingerprint density at radius 2 is 1.72 bits per heavy atom. The summed E-state index contributed by atoms with van der Waals surface area (Å²) < 4.78 is 12.9. The molecule has 0 aromatic heterocycles. The van der Waals surface area contributed by atoms with E-state index in [1.54, 1.807) is 22.0 Å². The molecule has 1 spiro atoms. The molecule has 3 heterocycles. The largest absolute Gasteiger partial charge is 0.455 e. The van der Waals surface area contributed by atoms with E-state index in [4.69, 9.17) is 9.47 Å². The fraction of sp³-hybridized carbons (Fsp3) is 0.524. The number of hydrogen-bond donors (Lipinski definition) is 2. The van der Waals surface area contributed by atoms with E-state index < -0.39 is 41.7 Å². The first-order valence-electron chi connectivity index (χ1n) is 19.2. The number of unbranched alkanes of at least 4 members (excludes halogenated alkanes) is 3. The number of hydrogen-bond acceptors (Lipinski definition) is 8. The quantitative estimate of drug-likeness (QED) is 0.100. The first kappa shape index (κ1) is 39.7. The third kappa shape index (κ3) is 8.52. The average molecular weight is 729 g/mol. The van der Waals surface area contributed by atoms with Crippen LogP contribution >= 0.6 is 0 Å². The van der Waals surface area contributed by atoms with Crippen LogP contribution in [0.4, 0.5) is 11.4 Å². The maximum Gasteiger partial charge on any atom is 0.313 e. The lowest BCUT2D eigenvalue weighted by atomic mass is 9.70. The van der Waals surface area contributed by atoms with E-state index in [-0.39, 0.29) is 43.8 Å². The molecule has 0 aliphatic carbocycles. The lowest BCUT2D eigenvalue weighted by molar-refractivity contribution is -0.160. The number of aliphatic hydroxyl groups excluding tert-OH is 1. The summed E-state index contributed by atoms with van der Waals surface area (Å²) in [5.41, 5.74) is 1.25. The Kier molecular flexibility index (Phi) is 13.9. The van der Waals surface area contributed by atoms with Crippen molar-refractivity contribution in [3.05, 3.63) is 85.5 Å². The zero-order valence-corrected chi connectivity index (χ0v) is 31.3. The minimum absolute atomic E-state index is 0.0678. The Morgan fingerprint density at radius 3 is 2.38 bits per heavy atom. The number of nitrogens with zero attached hydrogens (tertiary/aromatic N) is 3. The molecule has 2 aromatic carbocycles. The van der Waals surface area contributed by atoms with Crippen LogP contribution in [0.2, 0.25) is 0 Å². The van der Waals surface area contributed by atoms with Gasteiger partial charge in [0.25, 0.3) is 5.91 Å². The number of aliphatic hydroxyl groups is 1. The highest BCUT2D eigenvalue weighted by molar-refractivity contribution is 6.04. The molecule has 0 saturated carbocycles. The van der Waals surface area contributed by atoms with Crippen LogP contribution in [0.15, 0.2) is 79.9 Å². The fourth-order valence-corrected chi connectivity index (χ4v) is 8.36. The van der Waals surface area contributed by atoms with E-state index in [1.165, 1.54) is 0 Å². The second-order valence-corrected chi connectivity index (χ2v) is 14.1. The number of benzene rings is 2. The summed E-state index contributed by atoms with van der Waals surface area (Å²) in [6.07, 6.45) is 6.61. The summed E-state index contributed by atoms with van der Waals surface area (Å²) in [4.78, 5) is 61.9. The third-order valence-corrected chi connectivity index (χ3v) is 11.0. The minimum atomic E-state index is -1.20. The summed E-state index contributed by atoms with van der Waals surface area (Å²) in [6.45, 7) is 14.2. The van der Waals surface area contributed by atoms with Crippen molar-refractivity contribution in [1.82, 2.24) is 10.2 Å². The van der Waals surface area contributed by atoms with E-state index in [1.807, 2.05) is 54.6 Å². The summed E-state index contributed by atoms with van der Waals surface area (Å²) in [6, 6.07) is 16.1. The Bertz CT molecular complexity index is 1580. The average Bonchev–Trinajstić information content (AvgIpc) is 3.82. The Morgan fingerprint density at radius 1 is 1.02 bits per heavy atom. The predicted octanol–water partition coefficient (Wildman–Crippen LogP) is 5.35. The molecular weight excluding hydrogens is 672 g/mol. The Hall–Kier alpha value is -4.48. The normalized spacial score (nSPS) is 23.3. The molecule has 0 unspecified atom stereocenters. The van der Waals surface area contributed by atoms with Gasteiger partial charge >= 0.3 is 5.97 Å². The second kappa shape index (κ2) is 18.5. The highest BCUT2D eigenvalue weighted by atomic mass is 16.6. The Balaban J connectivity index is 1.44. The zero-order chi connectivity index (χ0) is 38.0. The number of fused-ring (bicyclic) bond motifs is 1. The number of likely N-dealkylation sites (tertiary alicyclic amines) is 1. The van der Waals surface area contributed by atoms with Crippen LogP contribution in [0.1, 0.15) is 76.9 Å². The van der Waals surface area contributed by atoms with Gasteiger partial charge in [0.2, 0.25) is 11.8 Å². The number of esters is 1. The van der Waals surface area contributed by atoms with Crippen molar-refractivity contribution in [2.75, 3.05) is 49.1 Å². The number of allylic oxidation sites excluding steroid dienone is 1. The number of ether oxygens (including phenoxy) is 2. The van der Waals surface area contributed by atoms with Gasteiger partial charge in [-0.25, -0.2) is 0 Å². The molecule has 11 nitrogen and oxygen atoms in total. The van der Waals surface area contributed by atoms with Crippen LogP contribution in [0.3, 0.4) is 0 Å². The summed E-state index contributed by atoms with van der Waals surface area (Å²) >= 11 is 0. The van der Waals surface area contributed by atoms with E-state index in [0.717, 1.165) is 31.6 Å². The minimum Gasteiger partial charge on any atom is -0.455 e. The zero-order valence-electron chi connectivity index (χ0n) is 31.3. The van der Waals surface area contributed by atoms with Gasteiger partial charge in [-0.3, -0.25) is 19.2 Å². The van der Waals surface area contributed by atoms with Crippen molar-refractivity contribution in [2.45, 2.75) is 89.1 Å². The van der Waals surface area contributed by atoms with Crippen LogP contribution in [0, 0.1) is 11.8 Å². The van der Waals surface area contributed by atoms with Crippen LogP contribution in [0.25, 0.3) is 0 Å². The molecule has 3 fully saturated rings. The van der Waals surface area contributed by atoms with Crippen molar-refractivity contribution < 1.29 is 33.8 Å². The number of anilines is 2. The van der Waals surface area contributed by atoms with Crippen molar-refractivity contribution in [1.29, 1.82) is 0 Å². The maximum absolute atomic E-state index is 14.9. The van der Waals surface area contributed by atoms with Gasteiger partial charge in [0.15, 0.2) is 0 Å². The number of rotatable bonds is 21. The molecule has 11 heteroatoms. The molecule has 2 aromatic rings. The molecule has 3 amide bonds. The van der Waals surface area contributed by atoms with Gasteiger partial charge in [-0.05, 0) is 75.8 Å². The SMILES string of the molecule is C=CCCC(=O)NC[C@H](OC(=O)[C@@H]1[C@H]2C(=O)N(CCCCCCO)[C@H](C(=O)N(CC=C)c3ccc(N(CC)CC)cc3)[C@]23CC[C@H]1O3)c1ccccc1. The number of nitrogens with one attached hydrogen (secondary N) is 1. The van der Waals surface area contributed by atoms with Gasteiger partial charge in [0.05, 0.1) is 24.5 Å².